The predicted octanol–water partition coefficient (Wildman–Crippen LogP) is 1.58. The molecular weight excluding hydrogens is 238 g/mol. The number of rotatable bonds is 1. The van der Waals surface area contributed by atoms with Crippen molar-refractivity contribution >= 4 is 10.0 Å². The van der Waals surface area contributed by atoms with E-state index in [1.165, 1.54) is 0 Å². The van der Waals surface area contributed by atoms with Crippen LogP contribution in [0.5, 0.6) is 5.75 Å². The van der Waals surface area contributed by atoms with Crippen molar-refractivity contribution in [3.05, 3.63) is 22.3 Å². The van der Waals surface area contributed by atoms with E-state index in [9.17, 15) is 8.42 Å². The number of hydrogen-bond acceptors (Lipinski definition) is 3. The van der Waals surface area contributed by atoms with Gasteiger partial charge >= 0.3 is 0 Å². The molecule has 0 saturated heterocycles. The topological polar surface area (TPSA) is 69.4 Å². The van der Waals surface area contributed by atoms with Crippen molar-refractivity contribution in [3.8, 4) is 5.75 Å². The second kappa shape index (κ2) is 3.99. The van der Waals surface area contributed by atoms with E-state index in [-0.39, 0.29) is 4.90 Å². The molecule has 17 heavy (non-hydrogen) atoms. The highest BCUT2D eigenvalue weighted by Gasteiger charge is 2.25. The Balaban J connectivity index is 2.84. The van der Waals surface area contributed by atoms with Gasteiger partial charge in [0.2, 0.25) is 10.0 Å². The van der Waals surface area contributed by atoms with Gasteiger partial charge in [-0.2, -0.15) is 0 Å². The zero-order chi connectivity index (χ0) is 12.8. The third-order valence-corrected chi connectivity index (χ3v) is 4.59. The minimum atomic E-state index is -3.68. The molecule has 0 aliphatic carbocycles. The summed E-state index contributed by atoms with van der Waals surface area (Å²) in [6.07, 6.45) is 1.77. The summed E-state index contributed by atoms with van der Waals surface area (Å²) < 4.78 is 28.9. The maximum Gasteiger partial charge on any atom is 0.238 e. The molecule has 1 heterocycles. The Labute approximate surface area is 102 Å². The Bertz CT molecular complexity index is 576. The van der Waals surface area contributed by atoms with Gasteiger partial charge in [0.15, 0.2) is 0 Å². The molecule has 1 aromatic rings. The van der Waals surface area contributed by atoms with Crippen molar-refractivity contribution in [2.75, 3.05) is 6.61 Å². The molecule has 94 valence electrons. The predicted molar refractivity (Wildman–Crippen MR) is 65.8 cm³/mol. The van der Waals surface area contributed by atoms with Gasteiger partial charge in [-0.05, 0) is 55.9 Å². The van der Waals surface area contributed by atoms with Crippen LogP contribution in [0.25, 0.3) is 0 Å². The van der Waals surface area contributed by atoms with Gasteiger partial charge in [0.05, 0.1) is 11.5 Å². The number of nitrogens with two attached hydrogens (primary N) is 1. The fraction of sp³-hybridized carbons (Fsp3) is 0.500. The van der Waals surface area contributed by atoms with E-state index in [1.54, 1.807) is 13.8 Å². The number of sulfonamides is 1. The summed E-state index contributed by atoms with van der Waals surface area (Å²) in [5.41, 5.74) is 3.31. The molecule has 4 nitrogen and oxygen atoms in total. The van der Waals surface area contributed by atoms with Gasteiger partial charge in [0.25, 0.3) is 0 Å². The lowest BCUT2D eigenvalue weighted by atomic mass is 9.94. The summed E-state index contributed by atoms with van der Waals surface area (Å²) >= 11 is 0. The number of hydrogen-bond donors (Lipinski definition) is 1. The van der Waals surface area contributed by atoms with Crippen LogP contribution in [0.3, 0.4) is 0 Å². The van der Waals surface area contributed by atoms with Gasteiger partial charge in [0, 0.05) is 0 Å². The monoisotopic (exact) mass is 255 g/mol. The first-order valence-corrected chi connectivity index (χ1v) is 7.17. The maximum atomic E-state index is 11.6. The van der Waals surface area contributed by atoms with Crippen molar-refractivity contribution in [2.45, 2.75) is 38.5 Å². The van der Waals surface area contributed by atoms with Crippen LogP contribution in [0.15, 0.2) is 4.90 Å². The standard InChI is InChI=1S/C12H17NO3S/c1-7-8(2)12(17(13,14)15)9(3)10-5-4-6-16-11(7)10/h4-6H2,1-3H3,(H2,13,14,15). The van der Waals surface area contributed by atoms with Crippen LogP contribution in [0.2, 0.25) is 0 Å². The van der Waals surface area contributed by atoms with Crippen molar-refractivity contribution in [3.63, 3.8) is 0 Å². The smallest absolute Gasteiger partial charge is 0.238 e. The zero-order valence-corrected chi connectivity index (χ0v) is 11.1. The molecule has 0 saturated carbocycles. The molecule has 0 radical (unpaired) electrons. The maximum absolute atomic E-state index is 11.6. The Kier molecular flexibility index (Phi) is 2.91. The molecule has 1 aliphatic rings. The quantitative estimate of drug-likeness (QED) is 0.828. The van der Waals surface area contributed by atoms with Gasteiger partial charge < -0.3 is 4.74 Å². The van der Waals surface area contributed by atoms with Crippen LogP contribution in [-0.4, -0.2) is 15.0 Å². The zero-order valence-electron chi connectivity index (χ0n) is 10.3. The fourth-order valence-corrected chi connectivity index (χ4v) is 3.63. The minimum Gasteiger partial charge on any atom is -0.493 e. The van der Waals surface area contributed by atoms with Crippen LogP contribution in [0.1, 0.15) is 28.7 Å². The Morgan fingerprint density at radius 2 is 1.76 bits per heavy atom. The number of ether oxygens (including phenoxy) is 1. The largest absolute Gasteiger partial charge is 0.493 e. The molecule has 0 fully saturated rings. The van der Waals surface area contributed by atoms with E-state index >= 15 is 0 Å². The van der Waals surface area contributed by atoms with Gasteiger partial charge in [-0.1, -0.05) is 0 Å². The summed E-state index contributed by atoms with van der Waals surface area (Å²) in [6, 6.07) is 0. The molecule has 0 aromatic heterocycles. The highest BCUT2D eigenvalue weighted by Crippen LogP contribution is 2.37. The molecular formula is C12H17NO3S. The van der Waals surface area contributed by atoms with Crippen LogP contribution in [-0.2, 0) is 16.4 Å². The summed E-state index contributed by atoms with van der Waals surface area (Å²) in [4.78, 5) is 0.263. The molecule has 1 aliphatic heterocycles. The molecule has 0 amide bonds. The van der Waals surface area contributed by atoms with Gasteiger partial charge in [-0.15, -0.1) is 0 Å². The minimum absolute atomic E-state index is 0.263. The first-order valence-electron chi connectivity index (χ1n) is 5.62. The SMILES string of the molecule is Cc1c(C)c(S(N)(=O)=O)c(C)c2c1OCCC2. The van der Waals surface area contributed by atoms with Gasteiger partial charge in [0.1, 0.15) is 5.75 Å². The highest BCUT2D eigenvalue weighted by atomic mass is 32.2. The lowest BCUT2D eigenvalue weighted by molar-refractivity contribution is 0.285. The lowest BCUT2D eigenvalue weighted by Gasteiger charge is -2.24. The van der Waals surface area contributed by atoms with Crippen LogP contribution in [0, 0.1) is 20.8 Å². The molecule has 0 unspecified atom stereocenters. The molecule has 5 heteroatoms. The van der Waals surface area contributed by atoms with E-state index in [0.717, 1.165) is 35.3 Å². The van der Waals surface area contributed by atoms with Gasteiger partial charge in [-0.25, -0.2) is 13.6 Å². The molecule has 2 N–H and O–H groups in total. The van der Waals surface area contributed by atoms with E-state index in [2.05, 4.69) is 0 Å². The normalized spacial score (nSPS) is 15.3. The lowest BCUT2D eigenvalue weighted by Crippen LogP contribution is -2.20. The number of primary sulfonamides is 1. The molecule has 0 atom stereocenters. The Morgan fingerprint density at radius 3 is 2.35 bits per heavy atom. The van der Waals surface area contributed by atoms with Crippen molar-refractivity contribution in [1.82, 2.24) is 0 Å². The average molecular weight is 255 g/mol. The van der Waals surface area contributed by atoms with Crippen molar-refractivity contribution < 1.29 is 13.2 Å². The van der Waals surface area contributed by atoms with E-state index in [0.29, 0.717) is 12.2 Å². The fourth-order valence-electron chi connectivity index (χ4n) is 2.50. The first-order chi connectivity index (χ1) is 7.84. The second-order valence-electron chi connectivity index (χ2n) is 4.51. The van der Waals surface area contributed by atoms with E-state index in [4.69, 9.17) is 9.88 Å². The second-order valence-corrected chi connectivity index (χ2v) is 6.01. The van der Waals surface area contributed by atoms with Crippen LogP contribution >= 0.6 is 0 Å². The average Bonchev–Trinajstić information content (AvgIpc) is 2.24. The summed E-state index contributed by atoms with van der Waals surface area (Å²) in [5.74, 6) is 0.846. The number of benzene rings is 1. The third kappa shape index (κ3) is 1.93. The van der Waals surface area contributed by atoms with Crippen molar-refractivity contribution in [2.24, 2.45) is 5.14 Å². The van der Waals surface area contributed by atoms with Crippen LogP contribution < -0.4 is 9.88 Å². The van der Waals surface area contributed by atoms with Crippen LogP contribution in [0.4, 0.5) is 0 Å². The van der Waals surface area contributed by atoms with Gasteiger partial charge in [-0.3, -0.25) is 0 Å². The molecule has 0 bridgehead atoms. The Hall–Kier alpha value is -1.07. The van der Waals surface area contributed by atoms with E-state index < -0.39 is 10.0 Å². The number of fused-ring (bicyclic) bond motifs is 1. The van der Waals surface area contributed by atoms with E-state index in [1.807, 2.05) is 6.92 Å². The molecule has 2 rings (SSSR count). The third-order valence-electron chi connectivity index (χ3n) is 3.41. The summed E-state index contributed by atoms with van der Waals surface area (Å²) in [7, 11) is -3.68. The molecule has 1 aromatic carbocycles. The highest BCUT2D eigenvalue weighted by molar-refractivity contribution is 7.89. The summed E-state index contributed by atoms with van der Waals surface area (Å²) in [6.45, 7) is 6.16. The Morgan fingerprint density at radius 1 is 1.12 bits per heavy atom. The van der Waals surface area contributed by atoms with Crippen molar-refractivity contribution in [1.29, 1.82) is 0 Å². The molecule has 0 spiro atoms. The summed E-state index contributed by atoms with van der Waals surface area (Å²) in [5, 5.41) is 5.29. The first kappa shape index (κ1) is 12.4.